The van der Waals surface area contributed by atoms with Crippen LogP contribution in [0, 0.1) is 0 Å². The third kappa shape index (κ3) is 8.89. The van der Waals surface area contributed by atoms with Crippen LogP contribution in [-0.2, 0) is 20.9 Å². The number of anilines is 1. The van der Waals surface area contributed by atoms with Gasteiger partial charge in [-0.05, 0) is 43.5 Å². The van der Waals surface area contributed by atoms with Crippen LogP contribution in [0.4, 0.5) is 5.00 Å². The Balaban J connectivity index is 0.000000612. The van der Waals surface area contributed by atoms with E-state index in [1.54, 1.807) is 11.3 Å². The smallest absolute Gasteiger partial charge is 0.414 e. The molecule has 1 aromatic carbocycles. The number of carbonyl (C=O) groups is 3. The zero-order valence-electron chi connectivity index (χ0n) is 16.9. The van der Waals surface area contributed by atoms with Gasteiger partial charge in [-0.1, -0.05) is 37.3 Å². The van der Waals surface area contributed by atoms with E-state index in [9.17, 15) is 4.79 Å². The van der Waals surface area contributed by atoms with Gasteiger partial charge in [-0.15, -0.1) is 11.3 Å². The molecule has 0 spiro atoms. The van der Waals surface area contributed by atoms with Crippen LogP contribution in [0.2, 0.25) is 0 Å². The second-order valence-electron chi connectivity index (χ2n) is 6.50. The van der Waals surface area contributed by atoms with Crippen molar-refractivity contribution < 1.29 is 24.6 Å². The SMILES string of the molecule is CCC(=O)N(CCC(C)N(C)Cc1ccccc1)c1cccs1.O=C(O)C(=O)O. The van der Waals surface area contributed by atoms with Gasteiger partial charge in [-0.25, -0.2) is 9.59 Å². The van der Waals surface area contributed by atoms with E-state index in [1.165, 1.54) is 5.56 Å². The second kappa shape index (κ2) is 12.7. The average molecular weight is 421 g/mol. The Bertz CT molecular complexity index is 753. The van der Waals surface area contributed by atoms with Gasteiger partial charge >= 0.3 is 11.9 Å². The van der Waals surface area contributed by atoms with E-state index < -0.39 is 11.9 Å². The number of benzene rings is 1. The van der Waals surface area contributed by atoms with Crippen molar-refractivity contribution in [1.29, 1.82) is 0 Å². The Morgan fingerprint density at radius 2 is 1.66 bits per heavy atom. The van der Waals surface area contributed by atoms with Gasteiger partial charge in [0.2, 0.25) is 5.91 Å². The molecule has 0 bridgehead atoms. The zero-order valence-corrected chi connectivity index (χ0v) is 17.8. The highest BCUT2D eigenvalue weighted by Crippen LogP contribution is 2.23. The molecule has 0 fully saturated rings. The normalized spacial score (nSPS) is 11.3. The number of nitrogens with zero attached hydrogens (tertiary/aromatic N) is 2. The third-order valence-electron chi connectivity index (χ3n) is 4.36. The molecule has 2 rings (SSSR count). The molecular weight excluding hydrogens is 392 g/mol. The highest BCUT2D eigenvalue weighted by molar-refractivity contribution is 7.14. The fourth-order valence-electron chi connectivity index (χ4n) is 2.54. The fraction of sp³-hybridized carbons (Fsp3) is 0.381. The highest BCUT2D eigenvalue weighted by atomic mass is 32.1. The second-order valence-corrected chi connectivity index (χ2v) is 7.43. The summed E-state index contributed by atoms with van der Waals surface area (Å²) < 4.78 is 0. The van der Waals surface area contributed by atoms with Gasteiger partial charge in [0.1, 0.15) is 0 Å². The van der Waals surface area contributed by atoms with Crippen molar-refractivity contribution in [2.24, 2.45) is 0 Å². The van der Waals surface area contributed by atoms with Crippen molar-refractivity contribution in [1.82, 2.24) is 4.90 Å². The first-order valence-electron chi connectivity index (χ1n) is 9.30. The van der Waals surface area contributed by atoms with E-state index in [4.69, 9.17) is 19.8 Å². The standard InChI is InChI=1S/C19H26N2OS.C2H2O4/c1-4-18(22)21(19-11-8-14-23-19)13-12-16(2)20(3)15-17-9-6-5-7-10-17;3-1(4)2(5)6/h5-11,14,16H,4,12-13,15H2,1-3H3;(H,3,4)(H,5,6). The summed E-state index contributed by atoms with van der Waals surface area (Å²) in [6.45, 7) is 5.86. The van der Waals surface area contributed by atoms with Crippen molar-refractivity contribution in [2.45, 2.75) is 39.3 Å². The molecule has 8 heteroatoms. The molecular formula is C21H28N2O5S. The summed E-state index contributed by atoms with van der Waals surface area (Å²) in [5, 5.41) is 17.9. The molecule has 0 aliphatic rings. The summed E-state index contributed by atoms with van der Waals surface area (Å²) in [6, 6.07) is 14.9. The largest absolute Gasteiger partial charge is 0.473 e. The van der Waals surface area contributed by atoms with Crippen LogP contribution in [0.25, 0.3) is 0 Å². The number of carboxylic acid groups (broad SMARTS) is 2. The lowest BCUT2D eigenvalue weighted by Gasteiger charge is -2.28. The molecule has 1 atom stereocenters. The van der Waals surface area contributed by atoms with Crippen molar-refractivity contribution in [2.75, 3.05) is 18.5 Å². The molecule has 2 N–H and O–H groups in total. The zero-order chi connectivity index (χ0) is 21.8. The van der Waals surface area contributed by atoms with Gasteiger partial charge in [-0.3, -0.25) is 9.69 Å². The summed E-state index contributed by atoms with van der Waals surface area (Å²) in [4.78, 5) is 34.7. The topological polar surface area (TPSA) is 98.2 Å². The average Bonchev–Trinajstić information content (AvgIpc) is 3.23. The van der Waals surface area contributed by atoms with Gasteiger partial charge in [0.15, 0.2) is 0 Å². The molecule has 0 radical (unpaired) electrons. The first kappa shape index (κ1) is 24.3. The lowest BCUT2D eigenvalue weighted by atomic mass is 10.1. The molecule has 1 unspecified atom stereocenters. The number of rotatable bonds is 8. The summed E-state index contributed by atoms with van der Waals surface area (Å²) in [5.74, 6) is -3.45. The summed E-state index contributed by atoms with van der Waals surface area (Å²) in [6.07, 6.45) is 1.51. The van der Waals surface area contributed by atoms with Gasteiger partial charge < -0.3 is 15.1 Å². The lowest BCUT2D eigenvalue weighted by Crippen LogP contribution is -2.36. The first-order chi connectivity index (χ1) is 13.8. The Labute approximate surface area is 175 Å². The molecule has 158 valence electrons. The first-order valence-corrected chi connectivity index (χ1v) is 10.2. The Morgan fingerprint density at radius 3 is 2.14 bits per heavy atom. The maximum atomic E-state index is 12.2. The van der Waals surface area contributed by atoms with Gasteiger partial charge in [0, 0.05) is 25.6 Å². The molecule has 0 aliphatic carbocycles. The van der Waals surface area contributed by atoms with E-state index in [1.807, 2.05) is 35.4 Å². The summed E-state index contributed by atoms with van der Waals surface area (Å²) >= 11 is 1.63. The van der Waals surface area contributed by atoms with Gasteiger partial charge in [0.25, 0.3) is 0 Å². The van der Waals surface area contributed by atoms with Crippen molar-refractivity contribution >= 4 is 34.2 Å². The number of hydrogen-bond acceptors (Lipinski definition) is 5. The van der Waals surface area contributed by atoms with Crippen LogP contribution >= 0.6 is 11.3 Å². The Morgan fingerprint density at radius 1 is 1.03 bits per heavy atom. The molecule has 0 saturated carbocycles. The van der Waals surface area contributed by atoms with Crippen LogP contribution in [0.15, 0.2) is 47.8 Å². The predicted molar refractivity (Wildman–Crippen MR) is 114 cm³/mol. The third-order valence-corrected chi connectivity index (χ3v) is 5.25. The maximum absolute atomic E-state index is 12.2. The van der Waals surface area contributed by atoms with E-state index in [-0.39, 0.29) is 5.91 Å². The number of hydrogen-bond donors (Lipinski definition) is 2. The molecule has 0 saturated heterocycles. The molecule has 2 aromatic rings. The maximum Gasteiger partial charge on any atom is 0.414 e. The van der Waals surface area contributed by atoms with Crippen LogP contribution in [0.5, 0.6) is 0 Å². The lowest BCUT2D eigenvalue weighted by molar-refractivity contribution is -0.159. The fourth-order valence-corrected chi connectivity index (χ4v) is 3.31. The number of aliphatic carboxylic acids is 2. The number of thiophene rings is 1. The molecule has 0 aliphatic heterocycles. The Kier molecular flexibility index (Phi) is 10.6. The van der Waals surface area contributed by atoms with Crippen molar-refractivity contribution in [3.8, 4) is 0 Å². The van der Waals surface area contributed by atoms with Crippen LogP contribution in [0.3, 0.4) is 0 Å². The van der Waals surface area contributed by atoms with Gasteiger partial charge in [0.05, 0.1) is 5.00 Å². The Hall–Kier alpha value is -2.71. The number of amides is 1. The molecule has 1 heterocycles. The number of carbonyl (C=O) groups excluding carboxylic acids is 1. The quantitative estimate of drug-likeness (QED) is 0.634. The van der Waals surface area contributed by atoms with E-state index >= 15 is 0 Å². The van der Waals surface area contributed by atoms with Crippen LogP contribution in [-0.4, -0.2) is 52.6 Å². The van der Waals surface area contributed by atoms with Crippen molar-refractivity contribution in [3.63, 3.8) is 0 Å². The van der Waals surface area contributed by atoms with Gasteiger partial charge in [-0.2, -0.15) is 0 Å². The highest BCUT2D eigenvalue weighted by Gasteiger charge is 2.17. The molecule has 7 nitrogen and oxygen atoms in total. The van der Waals surface area contributed by atoms with Crippen molar-refractivity contribution in [3.05, 3.63) is 53.4 Å². The van der Waals surface area contributed by atoms with E-state index in [2.05, 4.69) is 43.1 Å². The van der Waals surface area contributed by atoms with Crippen LogP contribution in [0.1, 0.15) is 32.3 Å². The van der Waals surface area contributed by atoms with Crippen LogP contribution < -0.4 is 4.90 Å². The minimum atomic E-state index is -1.82. The summed E-state index contributed by atoms with van der Waals surface area (Å²) in [5.41, 5.74) is 1.32. The summed E-state index contributed by atoms with van der Waals surface area (Å²) in [7, 11) is 2.15. The monoisotopic (exact) mass is 420 g/mol. The minimum absolute atomic E-state index is 0.199. The molecule has 29 heavy (non-hydrogen) atoms. The number of carboxylic acids is 2. The molecule has 1 amide bonds. The van der Waals surface area contributed by atoms with E-state index in [0.717, 1.165) is 24.5 Å². The van der Waals surface area contributed by atoms with E-state index in [0.29, 0.717) is 12.5 Å². The molecule has 1 aromatic heterocycles. The minimum Gasteiger partial charge on any atom is -0.473 e. The predicted octanol–water partition coefficient (Wildman–Crippen LogP) is 3.56.